The monoisotopic (exact) mass is 485 g/mol. The van der Waals surface area contributed by atoms with Crippen LogP contribution in [0.3, 0.4) is 0 Å². The fraction of sp³-hybridized carbons (Fsp3) is 0.348. The Bertz CT molecular complexity index is 1200. The smallest absolute Gasteiger partial charge is 0.243 e. The van der Waals surface area contributed by atoms with Gasteiger partial charge in [0.2, 0.25) is 21.1 Å². The molecule has 1 aliphatic rings. The highest BCUT2D eigenvalue weighted by Crippen LogP contribution is 2.25. The van der Waals surface area contributed by atoms with Gasteiger partial charge in [0.25, 0.3) is 0 Å². The number of sulfonamides is 1. The maximum atomic E-state index is 12.6. The summed E-state index contributed by atoms with van der Waals surface area (Å²) in [4.78, 5) is 17.4. The van der Waals surface area contributed by atoms with Crippen molar-refractivity contribution >= 4 is 33.4 Å². The lowest BCUT2D eigenvalue weighted by Gasteiger charge is -2.16. The second-order valence-electron chi connectivity index (χ2n) is 7.90. The number of nitrogens with zero attached hydrogens (tertiary/aromatic N) is 3. The van der Waals surface area contributed by atoms with Crippen molar-refractivity contribution in [1.82, 2.24) is 19.5 Å². The fourth-order valence-electron chi connectivity index (χ4n) is 3.57. The maximum Gasteiger partial charge on any atom is 0.243 e. The van der Waals surface area contributed by atoms with Gasteiger partial charge in [0.15, 0.2) is 5.82 Å². The number of nitrogens with one attached hydrogen (secondary N) is 2. The molecule has 1 atom stereocenters. The summed E-state index contributed by atoms with van der Waals surface area (Å²) in [6.45, 7) is 5.00. The van der Waals surface area contributed by atoms with Gasteiger partial charge >= 0.3 is 0 Å². The molecule has 2 heterocycles. The normalized spacial score (nSPS) is 15.5. The van der Waals surface area contributed by atoms with E-state index in [-0.39, 0.29) is 10.8 Å². The molecular weight excluding hydrogens is 458 g/mol. The molecule has 33 heavy (non-hydrogen) atoms. The van der Waals surface area contributed by atoms with Crippen LogP contribution in [0.1, 0.15) is 32.3 Å². The van der Waals surface area contributed by atoms with E-state index in [4.69, 9.17) is 0 Å². The number of hydrogen-bond donors (Lipinski definition) is 2. The van der Waals surface area contributed by atoms with E-state index >= 15 is 0 Å². The summed E-state index contributed by atoms with van der Waals surface area (Å²) in [6.07, 6.45) is 2.75. The van der Waals surface area contributed by atoms with Gasteiger partial charge in [-0.3, -0.25) is 9.89 Å². The van der Waals surface area contributed by atoms with Gasteiger partial charge < -0.3 is 5.32 Å². The molecule has 3 aromatic rings. The average molecular weight is 486 g/mol. The highest BCUT2D eigenvalue weighted by atomic mass is 32.2. The summed E-state index contributed by atoms with van der Waals surface area (Å²) in [5, 5.41) is 10.0. The van der Waals surface area contributed by atoms with Crippen molar-refractivity contribution in [2.75, 3.05) is 18.4 Å². The largest absolute Gasteiger partial charge is 0.325 e. The number of thioether (sulfide) groups is 1. The molecule has 0 spiro atoms. The minimum atomic E-state index is -3.47. The molecule has 0 aliphatic carbocycles. The van der Waals surface area contributed by atoms with E-state index in [1.54, 1.807) is 19.1 Å². The van der Waals surface area contributed by atoms with Gasteiger partial charge in [0.1, 0.15) is 0 Å². The van der Waals surface area contributed by atoms with Crippen molar-refractivity contribution in [2.24, 2.45) is 0 Å². The number of anilines is 1. The first kappa shape index (κ1) is 23.5. The zero-order valence-corrected chi connectivity index (χ0v) is 20.2. The molecule has 0 radical (unpaired) electrons. The van der Waals surface area contributed by atoms with Crippen molar-refractivity contribution in [3.63, 3.8) is 0 Å². The van der Waals surface area contributed by atoms with Crippen LogP contribution in [0.5, 0.6) is 0 Å². The minimum absolute atomic E-state index is 0.214. The molecule has 1 aromatic heterocycles. The third kappa shape index (κ3) is 5.45. The van der Waals surface area contributed by atoms with Gasteiger partial charge in [-0.2, -0.15) is 4.31 Å². The van der Waals surface area contributed by atoms with E-state index in [9.17, 15) is 13.2 Å². The summed E-state index contributed by atoms with van der Waals surface area (Å²) in [7, 11) is -3.47. The molecule has 4 rings (SSSR count). The number of rotatable bonds is 8. The molecule has 0 bridgehead atoms. The first-order valence-corrected chi connectivity index (χ1v) is 13.3. The number of amides is 1. The van der Waals surface area contributed by atoms with Crippen molar-refractivity contribution in [3.05, 3.63) is 54.1 Å². The second-order valence-corrected chi connectivity index (χ2v) is 11.1. The standard InChI is InChI=1S/C23H27N5O3S2/c1-3-17-6-8-18(9-7-17)21-25-23(27-26-21)32-16(2)22(29)24-19-10-12-20(13-11-19)33(30,31)28-14-4-5-15-28/h6-13,16H,3-5,14-15H2,1-2H3,(H,24,29)(H,25,26,27)/t16-/m1/s1. The van der Waals surface area contributed by atoms with E-state index in [1.807, 2.05) is 12.1 Å². The summed E-state index contributed by atoms with van der Waals surface area (Å²) < 4.78 is 26.8. The molecule has 174 valence electrons. The predicted molar refractivity (Wildman–Crippen MR) is 130 cm³/mol. The lowest BCUT2D eigenvalue weighted by atomic mass is 10.1. The molecule has 1 saturated heterocycles. The van der Waals surface area contributed by atoms with Crippen molar-refractivity contribution < 1.29 is 13.2 Å². The number of benzene rings is 2. The maximum absolute atomic E-state index is 12.6. The van der Waals surface area contributed by atoms with Crippen LogP contribution in [0, 0.1) is 0 Å². The van der Waals surface area contributed by atoms with E-state index in [1.165, 1.54) is 33.8 Å². The SMILES string of the molecule is CCc1ccc(-c2nc(S[C@H](C)C(=O)Nc3ccc(S(=O)(=O)N4CCCC4)cc3)n[nH]2)cc1. The number of aromatic nitrogens is 3. The Labute approximate surface area is 198 Å². The summed E-state index contributed by atoms with van der Waals surface area (Å²) >= 11 is 1.25. The lowest BCUT2D eigenvalue weighted by molar-refractivity contribution is -0.115. The molecule has 8 nitrogen and oxygen atoms in total. The molecule has 2 N–H and O–H groups in total. The first-order chi connectivity index (χ1) is 15.9. The van der Waals surface area contributed by atoms with Crippen LogP contribution in [0.25, 0.3) is 11.4 Å². The van der Waals surface area contributed by atoms with Gasteiger partial charge in [-0.15, -0.1) is 5.10 Å². The van der Waals surface area contributed by atoms with Crippen molar-refractivity contribution in [1.29, 1.82) is 0 Å². The number of aryl methyl sites for hydroxylation is 1. The van der Waals surface area contributed by atoms with Crippen LogP contribution in [-0.2, 0) is 21.2 Å². The van der Waals surface area contributed by atoms with Crippen LogP contribution in [-0.4, -0.2) is 52.2 Å². The Morgan fingerprint density at radius 2 is 1.79 bits per heavy atom. The van der Waals surface area contributed by atoms with Crippen molar-refractivity contribution in [2.45, 2.75) is 48.4 Å². The van der Waals surface area contributed by atoms with E-state index in [2.05, 4.69) is 39.6 Å². The Morgan fingerprint density at radius 3 is 2.42 bits per heavy atom. The van der Waals surface area contributed by atoms with Crippen molar-refractivity contribution in [3.8, 4) is 11.4 Å². The van der Waals surface area contributed by atoms with Gasteiger partial charge in [0, 0.05) is 24.3 Å². The Kier molecular flexibility index (Phi) is 7.16. The number of carbonyl (C=O) groups is 1. The molecule has 0 saturated carbocycles. The zero-order chi connectivity index (χ0) is 23.4. The lowest BCUT2D eigenvalue weighted by Crippen LogP contribution is -2.27. The first-order valence-electron chi connectivity index (χ1n) is 11.0. The number of hydrogen-bond acceptors (Lipinski definition) is 6. The molecular formula is C23H27N5O3S2. The topological polar surface area (TPSA) is 108 Å². The Morgan fingerprint density at radius 1 is 1.12 bits per heavy atom. The molecule has 1 fully saturated rings. The van der Waals surface area contributed by atoms with Crippen LogP contribution in [0.15, 0.2) is 58.6 Å². The number of H-pyrrole nitrogens is 1. The van der Waals surface area contributed by atoms with Gasteiger partial charge in [-0.1, -0.05) is 43.0 Å². The average Bonchev–Trinajstić information content (AvgIpc) is 3.52. The Hall–Kier alpha value is -2.69. The van der Waals surface area contributed by atoms with Crippen LogP contribution in [0.4, 0.5) is 5.69 Å². The number of carbonyl (C=O) groups excluding carboxylic acids is 1. The summed E-state index contributed by atoms with van der Waals surface area (Å²) in [5.41, 5.74) is 2.73. The second kappa shape index (κ2) is 10.1. The zero-order valence-electron chi connectivity index (χ0n) is 18.6. The van der Waals surface area contributed by atoms with E-state index in [0.29, 0.717) is 29.8 Å². The molecule has 1 amide bonds. The predicted octanol–water partition coefficient (Wildman–Crippen LogP) is 3.94. The number of aromatic amines is 1. The van der Waals surface area contributed by atoms with Crippen LogP contribution >= 0.6 is 11.8 Å². The van der Waals surface area contributed by atoms with Crippen LogP contribution < -0.4 is 5.32 Å². The van der Waals surface area contributed by atoms with Gasteiger partial charge in [-0.05, 0) is 56.0 Å². The quantitative estimate of drug-likeness (QED) is 0.468. The molecule has 0 unspecified atom stereocenters. The highest BCUT2D eigenvalue weighted by Gasteiger charge is 2.27. The summed E-state index contributed by atoms with van der Waals surface area (Å²) in [6, 6.07) is 14.4. The summed E-state index contributed by atoms with van der Waals surface area (Å²) in [5.74, 6) is 0.441. The third-order valence-electron chi connectivity index (χ3n) is 5.58. The third-order valence-corrected chi connectivity index (χ3v) is 8.45. The highest BCUT2D eigenvalue weighted by molar-refractivity contribution is 8.00. The van der Waals surface area contributed by atoms with E-state index in [0.717, 1.165) is 24.8 Å². The fourth-order valence-corrected chi connectivity index (χ4v) is 5.81. The molecule has 2 aromatic carbocycles. The molecule has 10 heteroatoms. The Balaban J connectivity index is 1.35. The van der Waals surface area contributed by atoms with Gasteiger partial charge in [-0.25, -0.2) is 13.4 Å². The van der Waals surface area contributed by atoms with E-state index < -0.39 is 15.3 Å². The minimum Gasteiger partial charge on any atom is -0.325 e. The van der Waals surface area contributed by atoms with Crippen LogP contribution in [0.2, 0.25) is 0 Å². The van der Waals surface area contributed by atoms with Gasteiger partial charge in [0.05, 0.1) is 10.1 Å². The molecule has 1 aliphatic heterocycles.